The summed E-state index contributed by atoms with van der Waals surface area (Å²) >= 11 is 0. The van der Waals surface area contributed by atoms with Crippen LogP contribution in [-0.4, -0.2) is 49.6 Å². The van der Waals surface area contributed by atoms with Crippen LogP contribution in [0.15, 0.2) is 12.2 Å². The van der Waals surface area contributed by atoms with Crippen LogP contribution in [0.1, 0.15) is 39.5 Å². The van der Waals surface area contributed by atoms with Gasteiger partial charge in [0.15, 0.2) is 0 Å². The van der Waals surface area contributed by atoms with Crippen molar-refractivity contribution < 1.29 is 28.5 Å². The number of fused-ring (bicyclic) bond motifs is 2. The maximum absolute atomic E-state index is 12.2. The number of epoxide rings is 2. The molecule has 2 saturated heterocycles. The summed E-state index contributed by atoms with van der Waals surface area (Å²) in [5, 5.41) is 0. The van der Waals surface area contributed by atoms with E-state index >= 15 is 0 Å². The van der Waals surface area contributed by atoms with Crippen LogP contribution in [0.4, 0.5) is 0 Å². The molecule has 2 saturated carbocycles. The van der Waals surface area contributed by atoms with Crippen molar-refractivity contribution in [2.45, 2.75) is 63.9 Å². The highest BCUT2D eigenvalue weighted by atomic mass is 16.6. The van der Waals surface area contributed by atoms with E-state index in [9.17, 15) is 9.59 Å². The maximum atomic E-state index is 12.2. The van der Waals surface area contributed by atoms with E-state index in [1.807, 2.05) is 0 Å². The molecule has 26 heavy (non-hydrogen) atoms. The van der Waals surface area contributed by atoms with Gasteiger partial charge in [-0.05, 0) is 49.7 Å². The van der Waals surface area contributed by atoms with Crippen LogP contribution < -0.4 is 0 Å². The molecule has 0 amide bonds. The third-order valence-electron chi connectivity index (χ3n) is 6.35. The Bertz CT molecular complexity index is 537. The van der Waals surface area contributed by atoms with Crippen molar-refractivity contribution >= 4 is 11.9 Å². The quantitative estimate of drug-likeness (QED) is 0.409. The van der Waals surface area contributed by atoms with Gasteiger partial charge in [-0.25, -0.2) is 0 Å². The van der Waals surface area contributed by atoms with E-state index in [0.29, 0.717) is 24.0 Å². The molecular formula is C20H28O6. The Morgan fingerprint density at radius 1 is 0.769 bits per heavy atom. The largest absolute Gasteiger partial charge is 0.461 e. The number of rotatable bonds is 6. The average molecular weight is 364 g/mol. The van der Waals surface area contributed by atoms with Crippen molar-refractivity contribution in [3.05, 3.63) is 12.2 Å². The van der Waals surface area contributed by atoms with Gasteiger partial charge in [0, 0.05) is 0 Å². The van der Waals surface area contributed by atoms with Crippen molar-refractivity contribution in [1.29, 1.82) is 0 Å². The zero-order valence-corrected chi connectivity index (χ0v) is 15.5. The van der Waals surface area contributed by atoms with Crippen LogP contribution in [0.25, 0.3) is 0 Å². The number of ether oxygens (including phenoxy) is 4. The number of hydrogen-bond acceptors (Lipinski definition) is 6. The van der Waals surface area contributed by atoms with Crippen molar-refractivity contribution in [3.63, 3.8) is 0 Å². The standard InChI is InChI=1S/C20H28O6/c1-11-7-15-17(25-15)9-13(11)19(21)23-5-3-4-6-24-20(22)14-10-18-16(26-18)8-12(14)2/h3-4,11-18H,5-10H2,1-2H3/b4-3+. The third kappa shape index (κ3) is 3.96. The van der Waals surface area contributed by atoms with E-state index in [-0.39, 0.29) is 49.2 Å². The Morgan fingerprint density at radius 2 is 1.15 bits per heavy atom. The molecule has 4 aliphatic rings. The predicted molar refractivity (Wildman–Crippen MR) is 92.2 cm³/mol. The zero-order chi connectivity index (χ0) is 18.3. The monoisotopic (exact) mass is 364 g/mol. The van der Waals surface area contributed by atoms with Gasteiger partial charge in [-0.3, -0.25) is 9.59 Å². The Kier molecular flexibility index (Phi) is 5.06. The molecule has 0 radical (unpaired) electrons. The molecule has 8 unspecified atom stereocenters. The fourth-order valence-corrected chi connectivity index (χ4v) is 4.48. The van der Waals surface area contributed by atoms with E-state index in [4.69, 9.17) is 18.9 Å². The van der Waals surface area contributed by atoms with E-state index in [2.05, 4.69) is 13.8 Å². The van der Waals surface area contributed by atoms with Crippen molar-refractivity contribution in [2.75, 3.05) is 13.2 Å². The number of carbonyl (C=O) groups excluding carboxylic acids is 2. The lowest BCUT2D eigenvalue weighted by Crippen LogP contribution is -2.30. The van der Waals surface area contributed by atoms with Crippen LogP contribution in [0.2, 0.25) is 0 Å². The highest BCUT2D eigenvalue weighted by Crippen LogP contribution is 2.43. The Labute approximate surface area is 154 Å². The second kappa shape index (κ2) is 7.31. The van der Waals surface area contributed by atoms with E-state index in [0.717, 1.165) is 25.7 Å². The first-order chi connectivity index (χ1) is 12.5. The second-order valence-electron chi connectivity index (χ2n) is 8.27. The average Bonchev–Trinajstić information content (AvgIpc) is 3.50. The summed E-state index contributed by atoms with van der Waals surface area (Å²) < 4.78 is 21.7. The van der Waals surface area contributed by atoms with Gasteiger partial charge in [0.05, 0.1) is 36.3 Å². The molecule has 0 spiro atoms. The predicted octanol–water partition coefficient (Wildman–Crippen LogP) is 2.26. The summed E-state index contributed by atoms with van der Waals surface area (Å²) in [6, 6.07) is 0. The summed E-state index contributed by atoms with van der Waals surface area (Å²) in [6.07, 6.45) is 8.17. The lowest BCUT2D eigenvalue weighted by molar-refractivity contribution is -0.151. The molecule has 8 atom stereocenters. The topological polar surface area (TPSA) is 77.7 Å². The van der Waals surface area contributed by atoms with Gasteiger partial charge in [-0.15, -0.1) is 0 Å². The zero-order valence-electron chi connectivity index (χ0n) is 15.5. The lowest BCUT2D eigenvalue weighted by atomic mass is 9.80. The van der Waals surface area contributed by atoms with Gasteiger partial charge < -0.3 is 18.9 Å². The van der Waals surface area contributed by atoms with Gasteiger partial charge >= 0.3 is 11.9 Å². The van der Waals surface area contributed by atoms with Crippen LogP contribution >= 0.6 is 0 Å². The summed E-state index contributed by atoms with van der Waals surface area (Å²) in [5.41, 5.74) is 0. The number of carbonyl (C=O) groups is 2. The minimum absolute atomic E-state index is 0.0637. The molecule has 6 nitrogen and oxygen atoms in total. The molecule has 2 aliphatic heterocycles. The number of esters is 2. The minimum atomic E-state index is -0.150. The highest BCUT2D eigenvalue weighted by molar-refractivity contribution is 5.73. The second-order valence-corrected chi connectivity index (χ2v) is 8.27. The van der Waals surface area contributed by atoms with Gasteiger partial charge in [0.2, 0.25) is 0 Å². The lowest BCUT2D eigenvalue weighted by Gasteiger charge is -2.24. The van der Waals surface area contributed by atoms with Gasteiger partial charge in [0.25, 0.3) is 0 Å². The maximum Gasteiger partial charge on any atom is 0.309 e. The van der Waals surface area contributed by atoms with Crippen LogP contribution in [-0.2, 0) is 28.5 Å². The molecule has 2 heterocycles. The van der Waals surface area contributed by atoms with E-state index in [1.165, 1.54) is 0 Å². The summed E-state index contributed by atoms with van der Waals surface area (Å²) in [7, 11) is 0. The first kappa shape index (κ1) is 18.0. The first-order valence-electron chi connectivity index (χ1n) is 9.82. The van der Waals surface area contributed by atoms with Gasteiger partial charge in [-0.2, -0.15) is 0 Å². The van der Waals surface area contributed by atoms with Crippen molar-refractivity contribution in [3.8, 4) is 0 Å². The molecule has 2 aliphatic carbocycles. The summed E-state index contributed by atoms with van der Waals surface area (Å²) in [4.78, 5) is 24.4. The van der Waals surface area contributed by atoms with Crippen molar-refractivity contribution in [2.24, 2.45) is 23.7 Å². The Morgan fingerprint density at radius 3 is 1.58 bits per heavy atom. The molecule has 144 valence electrons. The highest BCUT2D eigenvalue weighted by Gasteiger charge is 2.50. The Balaban J connectivity index is 1.12. The molecule has 0 aromatic heterocycles. The molecule has 0 bridgehead atoms. The molecule has 4 rings (SSSR count). The molecule has 0 aromatic carbocycles. The Hall–Kier alpha value is -1.40. The first-order valence-corrected chi connectivity index (χ1v) is 9.82. The van der Waals surface area contributed by atoms with Gasteiger partial charge in [-0.1, -0.05) is 13.8 Å². The van der Waals surface area contributed by atoms with Crippen LogP contribution in [0, 0.1) is 23.7 Å². The molecule has 4 fully saturated rings. The molecule has 0 N–H and O–H groups in total. The summed E-state index contributed by atoms with van der Waals surface area (Å²) in [6.45, 7) is 4.60. The molecule has 6 heteroatoms. The fourth-order valence-electron chi connectivity index (χ4n) is 4.48. The normalized spacial score (nSPS) is 43.3. The van der Waals surface area contributed by atoms with E-state index < -0.39 is 0 Å². The fraction of sp³-hybridized carbons (Fsp3) is 0.800. The van der Waals surface area contributed by atoms with Crippen LogP contribution in [0.5, 0.6) is 0 Å². The minimum Gasteiger partial charge on any atom is -0.461 e. The SMILES string of the molecule is CC1CC2OC2CC1C(=O)OC/C=C/COC(=O)C1CC2OC2CC1C. The van der Waals surface area contributed by atoms with Gasteiger partial charge in [0.1, 0.15) is 13.2 Å². The van der Waals surface area contributed by atoms with Crippen molar-refractivity contribution in [1.82, 2.24) is 0 Å². The molecule has 0 aromatic rings. The van der Waals surface area contributed by atoms with E-state index in [1.54, 1.807) is 12.2 Å². The smallest absolute Gasteiger partial charge is 0.309 e. The van der Waals surface area contributed by atoms with Crippen LogP contribution in [0.3, 0.4) is 0 Å². The third-order valence-corrected chi connectivity index (χ3v) is 6.35. The summed E-state index contributed by atoms with van der Waals surface area (Å²) in [5.74, 6) is 0.191. The number of hydrogen-bond donors (Lipinski definition) is 0. The molecular weight excluding hydrogens is 336 g/mol.